The van der Waals surface area contributed by atoms with Crippen molar-refractivity contribution in [2.45, 2.75) is 46.2 Å². The highest BCUT2D eigenvalue weighted by atomic mass is 29.6. The van der Waals surface area contributed by atoms with E-state index in [4.69, 9.17) is 0 Å². The van der Waals surface area contributed by atoms with E-state index in [9.17, 15) is 0 Å². The summed E-state index contributed by atoms with van der Waals surface area (Å²) in [5.74, 6) is 0. The van der Waals surface area contributed by atoms with Crippen molar-refractivity contribution in [3.63, 3.8) is 0 Å². The Morgan fingerprint density at radius 3 is 1.75 bits per heavy atom. The van der Waals surface area contributed by atoms with Gasteiger partial charge in [0.1, 0.15) is 0 Å². The first-order valence-electron chi connectivity index (χ1n) is 7.45. The van der Waals surface area contributed by atoms with Crippen LogP contribution in [0.4, 0.5) is 5.69 Å². The zero-order valence-corrected chi connectivity index (χ0v) is 17.8. The van der Waals surface area contributed by atoms with E-state index in [-0.39, 0.29) is 0 Å². The van der Waals surface area contributed by atoms with Gasteiger partial charge in [-0.2, -0.15) is 0 Å². The third kappa shape index (κ3) is 4.02. The normalized spacial score (nSPS) is 12.2. The van der Waals surface area contributed by atoms with Crippen LogP contribution in [-0.2, 0) is 0 Å². The molecule has 0 atom stereocenters. The Balaban J connectivity index is 3.61. The maximum absolute atomic E-state index is 2.57. The Bertz CT molecular complexity index is 489. The summed E-state index contributed by atoms with van der Waals surface area (Å²) in [5, 5.41) is 1.72. The van der Waals surface area contributed by atoms with Crippen molar-refractivity contribution in [3.8, 4) is 0 Å². The minimum Gasteiger partial charge on any atom is -0.377 e. The number of para-hydroxylation sites is 1. The molecule has 0 saturated carbocycles. The van der Waals surface area contributed by atoms with Crippen LogP contribution >= 0.6 is 0 Å². The van der Waals surface area contributed by atoms with Gasteiger partial charge in [0.2, 0.25) is 0 Å². The fraction of sp³-hybridized carbons (Fsp3) is 0.562. The summed E-state index contributed by atoms with van der Waals surface area (Å²) in [6, 6.07) is 8.93. The standard InChI is InChI=1S/C16H31NSi3/c1-14(18(19(4,5)6)20(7,8)9)15-12-10-11-13-16(15)17(2)3/h10-13H,1-9H3. The molecule has 1 rings (SSSR count). The third-order valence-corrected chi connectivity index (χ3v) is 32.4. The molecule has 112 valence electrons. The van der Waals surface area contributed by atoms with Gasteiger partial charge in [-0.15, -0.1) is 0 Å². The lowest BCUT2D eigenvalue weighted by atomic mass is 10.1. The summed E-state index contributed by atoms with van der Waals surface area (Å²) in [6.45, 7) is 17.8. The lowest BCUT2D eigenvalue weighted by Crippen LogP contribution is -2.56. The van der Waals surface area contributed by atoms with Crippen LogP contribution in [0.1, 0.15) is 12.5 Å². The van der Waals surface area contributed by atoms with Gasteiger partial charge in [-0.05, 0) is 26.0 Å². The molecule has 0 spiro atoms. The molecule has 0 fully saturated rings. The van der Waals surface area contributed by atoms with Gasteiger partial charge < -0.3 is 4.90 Å². The topological polar surface area (TPSA) is 3.24 Å². The number of nitrogens with zero attached hydrogens (tertiary/aromatic N) is 1. The Labute approximate surface area is 128 Å². The SMILES string of the molecule is CC(c1ccccc1N(C)C)=[Si]([Si](C)(C)C)[Si](C)(C)C. The van der Waals surface area contributed by atoms with Crippen LogP contribution in [0.2, 0.25) is 39.3 Å². The molecule has 0 saturated heterocycles. The molecule has 0 aliphatic rings. The highest BCUT2D eigenvalue weighted by Crippen LogP contribution is 2.22. The van der Waals surface area contributed by atoms with E-state index < -0.39 is 22.6 Å². The van der Waals surface area contributed by atoms with Crippen LogP contribution in [0.5, 0.6) is 0 Å². The zero-order chi connectivity index (χ0) is 15.7. The van der Waals surface area contributed by atoms with Crippen LogP contribution in [0.25, 0.3) is 0 Å². The lowest BCUT2D eigenvalue weighted by Gasteiger charge is -2.33. The maximum Gasteiger partial charge on any atom is 0.0524 e. The van der Waals surface area contributed by atoms with Crippen molar-refractivity contribution in [3.05, 3.63) is 29.8 Å². The second-order valence-electron chi connectivity index (χ2n) is 7.91. The molecule has 1 aromatic rings. The first-order chi connectivity index (χ1) is 8.96. The minimum atomic E-state index is -1.12. The number of anilines is 1. The van der Waals surface area contributed by atoms with E-state index in [2.05, 4.69) is 89.5 Å². The summed E-state index contributed by atoms with van der Waals surface area (Å²) < 4.78 is 0. The van der Waals surface area contributed by atoms with Gasteiger partial charge in [-0.3, -0.25) is 0 Å². The van der Waals surface area contributed by atoms with Crippen molar-refractivity contribution < 1.29 is 0 Å². The quantitative estimate of drug-likeness (QED) is 0.751. The molecule has 0 N–H and O–H groups in total. The van der Waals surface area contributed by atoms with Gasteiger partial charge in [-0.25, -0.2) is 0 Å². The van der Waals surface area contributed by atoms with E-state index in [1.54, 1.807) is 5.17 Å². The van der Waals surface area contributed by atoms with Crippen LogP contribution in [-0.4, -0.2) is 41.9 Å². The van der Waals surface area contributed by atoms with Gasteiger partial charge >= 0.3 is 0 Å². The van der Waals surface area contributed by atoms with E-state index >= 15 is 0 Å². The molecule has 0 amide bonds. The van der Waals surface area contributed by atoms with Gasteiger partial charge in [0.05, 0.1) is 15.2 Å². The minimum absolute atomic E-state index is 0.393. The van der Waals surface area contributed by atoms with E-state index in [0.29, 0.717) is 0 Å². The fourth-order valence-corrected chi connectivity index (χ4v) is 43.1. The zero-order valence-electron chi connectivity index (χ0n) is 14.8. The van der Waals surface area contributed by atoms with Gasteiger partial charge in [0, 0.05) is 19.8 Å². The second kappa shape index (κ2) is 6.12. The summed E-state index contributed by atoms with van der Waals surface area (Å²) in [5.41, 5.74) is 2.88. The van der Waals surface area contributed by atoms with Gasteiger partial charge in [-0.1, -0.05) is 62.7 Å². The van der Waals surface area contributed by atoms with E-state index in [0.717, 1.165) is 0 Å². The highest BCUT2D eigenvalue weighted by molar-refractivity contribution is 7.61. The Hall–Kier alpha value is -0.459. The molecule has 0 aromatic heterocycles. The predicted octanol–water partition coefficient (Wildman–Crippen LogP) is 4.20. The van der Waals surface area contributed by atoms with E-state index in [1.165, 1.54) is 11.3 Å². The molecule has 0 bridgehead atoms. The molecule has 4 heteroatoms. The van der Waals surface area contributed by atoms with Gasteiger partial charge in [0.25, 0.3) is 0 Å². The molecule has 1 aromatic carbocycles. The molecular formula is C16H31NSi3. The van der Waals surface area contributed by atoms with Crippen LogP contribution in [0, 0.1) is 0 Å². The number of rotatable bonds is 4. The monoisotopic (exact) mass is 321 g/mol. The first kappa shape index (κ1) is 17.6. The smallest absolute Gasteiger partial charge is 0.0524 e. The second-order valence-corrected chi connectivity index (χ2v) is 31.9. The van der Waals surface area contributed by atoms with Crippen molar-refractivity contribution in [1.29, 1.82) is 0 Å². The molecule has 1 nitrogen and oxygen atoms in total. The predicted molar refractivity (Wildman–Crippen MR) is 103 cm³/mol. The lowest BCUT2D eigenvalue weighted by molar-refractivity contribution is 1.13. The average molecular weight is 322 g/mol. The molecule has 0 aliphatic heterocycles. The van der Waals surface area contributed by atoms with Crippen molar-refractivity contribution in [2.75, 3.05) is 19.0 Å². The summed E-state index contributed by atoms with van der Waals surface area (Å²) in [6.07, 6.45) is 0. The number of benzene rings is 1. The van der Waals surface area contributed by atoms with Crippen LogP contribution < -0.4 is 4.90 Å². The molecule has 20 heavy (non-hydrogen) atoms. The van der Waals surface area contributed by atoms with Crippen molar-refractivity contribution in [1.82, 2.24) is 0 Å². The Morgan fingerprint density at radius 2 is 1.35 bits per heavy atom. The molecule has 0 radical (unpaired) electrons. The van der Waals surface area contributed by atoms with Gasteiger partial charge in [0.15, 0.2) is 0 Å². The number of hydrogen-bond acceptors (Lipinski definition) is 1. The fourth-order valence-electron chi connectivity index (χ4n) is 3.57. The molecular weight excluding hydrogens is 290 g/mol. The van der Waals surface area contributed by atoms with Crippen molar-refractivity contribution in [2.24, 2.45) is 0 Å². The Kier molecular flexibility index (Phi) is 5.38. The molecule has 0 aliphatic carbocycles. The number of hydrogen-bond donors (Lipinski definition) is 0. The molecule has 0 unspecified atom stereocenters. The summed E-state index contributed by atoms with van der Waals surface area (Å²) in [4.78, 5) is 2.26. The summed E-state index contributed by atoms with van der Waals surface area (Å²) >= 11 is 0. The highest BCUT2D eigenvalue weighted by Gasteiger charge is 2.34. The first-order valence-corrected chi connectivity index (χ1v) is 17.9. The molecule has 0 heterocycles. The van der Waals surface area contributed by atoms with E-state index in [1.807, 2.05) is 0 Å². The van der Waals surface area contributed by atoms with Crippen molar-refractivity contribution >= 4 is 33.5 Å². The average Bonchev–Trinajstić information content (AvgIpc) is 2.24. The maximum atomic E-state index is 2.57. The third-order valence-electron chi connectivity index (χ3n) is 3.66. The Morgan fingerprint density at radius 1 is 0.900 bits per heavy atom. The largest absolute Gasteiger partial charge is 0.377 e. The van der Waals surface area contributed by atoms with Crippen LogP contribution in [0.15, 0.2) is 24.3 Å². The van der Waals surface area contributed by atoms with Crippen LogP contribution in [0.3, 0.4) is 0 Å². The summed E-state index contributed by atoms with van der Waals surface area (Å²) in [7, 11) is 1.68.